The summed E-state index contributed by atoms with van der Waals surface area (Å²) in [6.07, 6.45) is 7.91. The standard InChI is InChI=1S/C14H22N2O/c1-14(2,15)12-9-6-10-16(13(12)17)11-7-4-3-5-8-11/h6,9-11H,3-5,7-8,15H2,1-2H3. The van der Waals surface area contributed by atoms with Crippen molar-refractivity contribution in [3.63, 3.8) is 0 Å². The SMILES string of the molecule is CC(C)(N)c1cccn(C2CCCCC2)c1=O. The van der Waals surface area contributed by atoms with Gasteiger partial charge >= 0.3 is 0 Å². The Kier molecular flexibility index (Phi) is 3.38. The Labute approximate surface area is 103 Å². The predicted molar refractivity (Wildman–Crippen MR) is 70.0 cm³/mol. The van der Waals surface area contributed by atoms with Crippen molar-refractivity contribution in [2.24, 2.45) is 5.73 Å². The smallest absolute Gasteiger partial charge is 0.255 e. The van der Waals surface area contributed by atoms with Crippen molar-refractivity contribution >= 4 is 0 Å². The van der Waals surface area contributed by atoms with Crippen LogP contribution >= 0.6 is 0 Å². The van der Waals surface area contributed by atoms with Gasteiger partial charge in [0.1, 0.15) is 0 Å². The zero-order valence-corrected chi connectivity index (χ0v) is 10.8. The molecular weight excluding hydrogens is 212 g/mol. The Morgan fingerprint density at radius 1 is 1.29 bits per heavy atom. The van der Waals surface area contributed by atoms with E-state index in [0.29, 0.717) is 11.6 Å². The second-order valence-electron chi connectivity index (χ2n) is 5.65. The maximum Gasteiger partial charge on any atom is 0.255 e. The van der Waals surface area contributed by atoms with Gasteiger partial charge in [0.25, 0.3) is 5.56 Å². The summed E-state index contributed by atoms with van der Waals surface area (Å²) in [6, 6.07) is 4.17. The van der Waals surface area contributed by atoms with Crippen molar-refractivity contribution in [2.75, 3.05) is 0 Å². The topological polar surface area (TPSA) is 48.0 Å². The molecule has 1 fully saturated rings. The Bertz CT molecular complexity index is 436. The fourth-order valence-corrected chi connectivity index (χ4v) is 2.65. The lowest BCUT2D eigenvalue weighted by molar-refractivity contribution is 0.343. The van der Waals surface area contributed by atoms with Crippen LogP contribution in [-0.4, -0.2) is 4.57 Å². The Balaban J connectivity index is 2.38. The van der Waals surface area contributed by atoms with E-state index in [9.17, 15) is 4.79 Å². The molecule has 3 heteroatoms. The van der Waals surface area contributed by atoms with Gasteiger partial charge in [-0.3, -0.25) is 4.79 Å². The molecule has 94 valence electrons. The number of nitrogens with zero attached hydrogens (tertiary/aromatic N) is 1. The zero-order valence-electron chi connectivity index (χ0n) is 10.8. The van der Waals surface area contributed by atoms with E-state index >= 15 is 0 Å². The third-order valence-corrected chi connectivity index (χ3v) is 3.64. The van der Waals surface area contributed by atoms with E-state index in [4.69, 9.17) is 5.73 Å². The minimum atomic E-state index is -0.561. The van der Waals surface area contributed by atoms with Crippen molar-refractivity contribution in [2.45, 2.75) is 57.5 Å². The molecule has 0 aromatic carbocycles. The molecule has 3 nitrogen and oxygen atoms in total. The zero-order chi connectivity index (χ0) is 12.5. The maximum atomic E-state index is 12.4. The molecule has 1 aromatic heterocycles. The molecule has 0 unspecified atom stereocenters. The molecule has 0 bridgehead atoms. The van der Waals surface area contributed by atoms with Crippen molar-refractivity contribution in [1.29, 1.82) is 0 Å². The normalized spacial score (nSPS) is 18.3. The number of pyridine rings is 1. The average molecular weight is 234 g/mol. The maximum absolute atomic E-state index is 12.4. The van der Waals surface area contributed by atoms with Gasteiger partial charge in [-0.25, -0.2) is 0 Å². The van der Waals surface area contributed by atoms with Crippen LogP contribution in [-0.2, 0) is 5.54 Å². The highest BCUT2D eigenvalue weighted by Crippen LogP contribution is 2.27. The molecule has 1 aliphatic carbocycles. The number of hydrogen-bond acceptors (Lipinski definition) is 2. The van der Waals surface area contributed by atoms with Crippen LogP contribution in [0.5, 0.6) is 0 Å². The molecule has 2 rings (SSSR count). The molecule has 0 radical (unpaired) electrons. The van der Waals surface area contributed by atoms with Gasteiger partial charge in [0.2, 0.25) is 0 Å². The second-order valence-corrected chi connectivity index (χ2v) is 5.65. The van der Waals surface area contributed by atoms with Gasteiger partial charge in [-0.1, -0.05) is 25.3 Å². The van der Waals surface area contributed by atoms with Crippen LogP contribution in [0.4, 0.5) is 0 Å². The summed E-state index contributed by atoms with van der Waals surface area (Å²) in [5, 5.41) is 0. The molecule has 0 saturated heterocycles. The Morgan fingerprint density at radius 3 is 2.53 bits per heavy atom. The van der Waals surface area contributed by atoms with E-state index in [0.717, 1.165) is 12.8 Å². The first-order chi connectivity index (χ1) is 8.00. The van der Waals surface area contributed by atoms with Gasteiger partial charge in [0.15, 0.2) is 0 Å². The predicted octanol–water partition coefficient (Wildman–Crippen LogP) is 2.55. The molecule has 0 amide bonds. The number of hydrogen-bond donors (Lipinski definition) is 1. The third-order valence-electron chi connectivity index (χ3n) is 3.64. The number of nitrogens with two attached hydrogens (primary N) is 1. The van der Waals surface area contributed by atoms with E-state index < -0.39 is 5.54 Å². The molecule has 0 spiro atoms. The van der Waals surface area contributed by atoms with Gasteiger partial charge in [-0.05, 0) is 32.8 Å². The molecular formula is C14H22N2O. The summed E-state index contributed by atoms with van der Waals surface area (Å²) < 4.78 is 1.89. The van der Waals surface area contributed by atoms with Crippen LogP contribution in [0, 0.1) is 0 Å². The summed E-state index contributed by atoms with van der Waals surface area (Å²) in [5.41, 5.74) is 6.29. The van der Waals surface area contributed by atoms with Crippen LogP contribution in [0.3, 0.4) is 0 Å². The van der Waals surface area contributed by atoms with E-state index in [1.54, 1.807) is 0 Å². The minimum Gasteiger partial charge on any atom is -0.322 e. The molecule has 1 heterocycles. The van der Waals surface area contributed by atoms with Crippen molar-refractivity contribution < 1.29 is 0 Å². The number of rotatable bonds is 2. The molecule has 1 aliphatic rings. The highest BCUT2D eigenvalue weighted by Gasteiger charge is 2.22. The third kappa shape index (κ3) is 2.60. The monoisotopic (exact) mass is 234 g/mol. The largest absolute Gasteiger partial charge is 0.322 e. The Hall–Kier alpha value is -1.09. The quantitative estimate of drug-likeness (QED) is 0.855. The van der Waals surface area contributed by atoms with Crippen LogP contribution in [0.15, 0.2) is 23.1 Å². The molecule has 1 saturated carbocycles. The van der Waals surface area contributed by atoms with Gasteiger partial charge in [0, 0.05) is 23.3 Å². The fourth-order valence-electron chi connectivity index (χ4n) is 2.65. The molecule has 1 aromatic rings. The number of aromatic nitrogens is 1. The first-order valence-electron chi connectivity index (χ1n) is 6.50. The van der Waals surface area contributed by atoms with Crippen molar-refractivity contribution in [1.82, 2.24) is 4.57 Å². The van der Waals surface area contributed by atoms with E-state index in [1.165, 1.54) is 19.3 Å². The second kappa shape index (κ2) is 4.65. The van der Waals surface area contributed by atoms with Crippen LogP contribution < -0.4 is 11.3 Å². The molecule has 0 aliphatic heterocycles. The van der Waals surface area contributed by atoms with Gasteiger partial charge in [-0.2, -0.15) is 0 Å². The van der Waals surface area contributed by atoms with Crippen molar-refractivity contribution in [3.8, 4) is 0 Å². The highest BCUT2D eigenvalue weighted by atomic mass is 16.1. The van der Waals surface area contributed by atoms with Crippen molar-refractivity contribution in [3.05, 3.63) is 34.2 Å². The lowest BCUT2D eigenvalue weighted by Gasteiger charge is -2.26. The Morgan fingerprint density at radius 2 is 1.94 bits per heavy atom. The summed E-state index contributed by atoms with van der Waals surface area (Å²) in [7, 11) is 0. The average Bonchev–Trinajstić information content (AvgIpc) is 2.29. The van der Waals surface area contributed by atoms with Crippen LogP contribution in [0.2, 0.25) is 0 Å². The summed E-state index contributed by atoms with van der Waals surface area (Å²) >= 11 is 0. The van der Waals surface area contributed by atoms with Gasteiger partial charge in [-0.15, -0.1) is 0 Å². The molecule has 0 atom stereocenters. The highest BCUT2D eigenvalue weighted by molar-refractivity contribution is 5.19. The fraction of sp³-hybridized carbons (Fsp3) is 0.643. The van der Waals surface area contributed by atoms with Gasteiger partial charge in [0.05, 0.1) is 0 Å². The minimum absolute atomic E-state index is 0.0897. The van der Waals surface area contributed by atoms with Gasteiger partial charge < -0.3 is 10.3 Å². The molecule has 2 N–H and O–H groups in total. The summed E-state index contributed by atoms with van der Waals surface area (Å²) in [6.45, 7) is 3.77. The molecule has 17 heavy (non-hydrogen) atoms. The van der Waals surface area contributed by atoms with E-state index in [2.05, 4.69) is 0 Å². The van der Waals surface area contributed by atoms with Crippen LogP contribution in [0.1, 0.15) is 57.6 Å². The summed E-state index contributed by atoms with van der Waals surface area (Å²) in [4.78, 5) is 12.4. The first-order valence-corrected chi connectivity index (χ1v) is 6.50. The van der Waals surface area contributed by atoms with Crippen LogP contribution in [0.25, 0.3) is 0 Å². The first kappa shape index (κ1) is 12.4. The lowest BCUT2D eigenvalue weighted by atomic mass is 9.93. The summed E-state index contributed by atoms with van der Waals surface area (Å²) in [5.74, 6) is 0. The van der Waals surface area contributed by atoms with E-state index in [1.807, 2.05) is 36.7 Å². The lowest BCUT2D eigenvalue weighted by Crippen LogP contribution is -2.39. The van der Waals surface area contributed by atoms with E-state index in [-0.39, 0.29) is 5.56 Å².